The van der Waals surface area contributed by atoms with Crippen LogP contribution in [0, 0.1) is 16.7 Å². The highest BCUT2D eigenvalue weighted by Crippen LogP contribution is 2.82. The lowest BCUT2D eigenvalue weighted by Gasteiger charge is -2.43. The number of fused-ring (bicyclic) bond motifs is 1. The average Bonchev–Trinajstić information content (AvgIpc) is 3.33. The molecule has 150 valence electrons. The molecule has 28 heavy (non-hydrogen) atoms. The molecule has 2 amide bonds. The minimum atomic E-state index is -1.39. The van der Waals surface area contributed by atoms with Crippen molar-refractivity contribution in [2.75, 3.05) is 23.8 Å². The zero-order valence-corrected chi connectivity index (χ0v) is 16.1. The lowest BCUT2D eigenvalue weighted by atomic mass is 9.62. The van der Waals surface area contributed by atoms with Gasteiger partial charge in [-0.1, -0.05) is 12.5 Å². The highest BCUT2D eigenvalue weighted by atomic mass is 16.5. The second-order valence-electron chi connectivity index (χ2n) is 9.36. The molecular weight excluding hydrogens is 356 g/mol. The molecule has 2 spiro atoms. The highest BCUT2D eigenvalue weighted by Gasteiger charge is 2.73. The molecule has 4 aliphatic rings. The van der Waals surface area contributed by atoms with Crippen molar-refractivity contribution < 1.29 is 19.4 Å². The zero-order chi connectivity index (χ0) is 19.4. The van der Waals surface area contributed by atoms with Crippen LogP contribution in [-0.4, -0.2) is 35.7 Å². The van der Waals surface area contributed by atoms with Gasteiger partial charge in [-0.05, 0) is 61.1 Å². The maximum atomic E-state index is 12.6. The number of aliphatic hydroxyl groups is 1. The lowest BCUT2D eigenvalue weighted by Crippen LogP contribution is -2.47. The molecule has 0 bridgehead atoms. The molecular formula is C22H28N2O4. The summed E-state index contributed by atoms with van der Waals surface area (Å²) < 4.78 is 5.22. The van der Waals surface area contributed by atoms with Gasteiger partial charge in [-0.3, -0.25) is 9.59 Å². The van der Waals surface area contributed by atoms with Gasteiger partial charge in [0, 0.05) is 43.3 Å². The van der Waals surface area contributed by atoms with Crippen molar-refractivity contribution >= 4 is 23.2 Å². The number of benzene rings is 1. The van der Waals surface area contributed by atoms with E-state index in [0.29, 0.717) is 48.3 Å². The van der Waals surface area contributed by atoms with Gasteiger partial charge in [0.15, 0.2) is 0 Å². The minimum absolute atomic E-state index is 0.0820. The lowest BCUT2D eigenvalue weighted by molar-refractivity contribution is -0.143. The monoisotopic (exact) mass is 384 g/mol. The average molecular weight is 384 g/mol. The van der Waals surface area contributed by atoms with Crippen LogP contribution in [0.15, 0.2) is 24.3 Å². The van der Waals surface area contributed by atoms with Gasteiger partial charge in [0.25, 0.3) is 5.91 Å². The second-order valence-corrected chi connectivity index (χ2v) is 9.36. The van der Waals surface area contributed by atoms with E-state index in [-0.39, 0.29) is 11.8 Å². The summed E-state index contributed by atoms with van der Waals surface area (Å²) in [6, 6.07) is 7.14. The summed E-state index contributed by atoms with van der Waals surface area (Å²) in [6.45, 7) is 0.758. The fourth-order valence-corrected chi connectivity index (χ4v) is 5.66. The Kier molecular flexibility index (Phi) is 4.07. The predicted molar refractivity (Wildman–Crippen MR) is 105 cm³/mol. The van der Waals surface area contributed by atoms with E-state index < -0.39 is 11.5 Å². The molecule has 1 aliphatic heterocycles. The molecule has 4 fully saturated rings. The highest BCUT2D eigenvalue weighted by molar-refractivity contribution is 5.98. The zero-order valence-electron chi connectivity index (χ0n) is 16.1. The molecule has 3 saturated carbocycles. The molecule has 0 atom stereocenters. The summed E-state index contributed by atoms with van der Waals surface area (Å²) in [5, 5.41) is 16.3. The van der Waals surface area contributed by atoms with Crippen LogP contribution in [0.5, 0.6) is 0 Å². The summed E-state index contributed by atoms with van der Waals surface area (Å²) in [4.78, 5) is 25.1. The van der Waals surface area contributed by atoms with Gasteiger partial charge in [-0.25, -0.2) is 0 Å². The molecule has 0 aromatic heterocycles. The van der Waals surface area contributed by atoms with E-state index in [1.54, 1.807) is 18.2 Å². The number of nitrogens with one attached hydrogen (secondary N) is 2. The molecule has 6 heteroatoms. The third-order valence-corrected chi connectivity index (χ3v) is 7.76. The van der Waals surface area contributed by atoms with Crippen molar-refractivity contribution in [1.29, 1.82) is 0 Å². The van der Waals surface area contributed by atoms with E-state index in [4.69, 9.17) is 4.74 Å². The largest absolute Gasteiger partial charge is 0.381 e. The quantitative estimate of drug-likeness (QED) is 0.744. The van der Waals surface area contributed by atoms with Crippen LogP contribution < -0.4 is 10.6 Å². The summed E-state index contributed by atoms with van der Waals surface area (Å²) >= 11 is 0. The first-order valence-electron chi connectivity index (χ1n) is 10.5. The van der Waals surface area contributed by atoms with Crippen LogP contribution in [0.2, 0.25) is 0 Å². The van der Waals surface area contributed by atoms with E-state index in [1.165, 1.54) is 25.7 Å². The number of amides is 2. The number of anilines is 2. The van der Waals surface area contributed by atoms with Crippen LogP contribution >= 0.6 is 0 Å². The van der Waals surface area contributed by atoms with Crippen molar-refractivity contribution in [2.45, 2.75) is 57.0 Å². The van der Waals surface area contributed by atoms with Gasteiger partial charge in [0.05, 0.1) is 0 Å². The van der Waals surface area contributed by atoms with E-state index in [1.807, 2.05) is 6.07 Å². The van der Waals surface area contributed by atoms with Gasteiger partial charge >= 0.3 is 0 Å². The Morgan fingerprint density at radius 1 is 1.00 bits per heavy atom. The molecule has 1 aromatic carbocycles. The summed E-state index contributed by atoms with van der Waals surface area (Å²) in [5.74, 6) is -0.223. The first kappa shape index (κ1) is 18.1. The van der Waals surface area contributed by atoms with Gasteiger partial charge < -0.3 is 20.5 Å². The molecule has 1 saturated heterocycles. The van der Waals surface area contributed by atoms with Gasteiger partial charge in [-0.2, -0.15) is 0 Å². The first-order chi connectivity index (χ1) is 13.4. The molecule has 6 nitrogen and oxygen atoms in total. The molecule has 3 N–H and O–H groups in total. The Labute approximate surface area is 165 Å². The van der Waals surface area contributed by atoms with Crippen LogP contribution in [0.4, 0.5) is 11.4 Å². The smallest absolute Gasteiger partial charge is 0.256 e. The van der Waals surface area contributed by atoms with E-state index in [2.05, 4.69) is 10.6 Å². The van der Waals surface area contributed by atoms with Crippen molar-refractivity contribution in [3.63, 3.8) is 0 Å². The molecule has 5 rings (SSSR count). The van der Waals surface area contributed by atoms with Crippen molar-refractivity contribution in [3.8, 4) is 0 Å². The van der Waals surface area contributed by atoms with Crippen LogP contribution in [0.3, 0.4) is 0 Å². The topological polar surface area (TPSA) is 87.7 Å². The minimum Gasteiger partial charge on any atom is -0.381 e. The van der Waals surface area contributed by atoms with E-state index >= 15 is 0 Å². The fraction of sp³-hybridized carbons (Fsp3) is 0.636. The van der Waals surface area contributed by atoms with Gasteiger partial charge in [-0.15, -0.1) is 0 Å². The Hall–Kier alpha value is -1.92. The fourth-order valence-electron chi connectivity index (χ4n) is 5.66. The first-order valence-corrected chi connectivity index (χ1v) is 10.5. The summed E-state index contributed by atoms with van der Waals surface area (Å²) in [7, 11) is 0. The summed E-state index contributed by atoms with van der Waals surface area (Å²) in [5.41, 5.74) is 0.959. The maximum absolute atomic E-state index is 12.6. The molecule has 3 aliphatic carbocycles. The third kappa shape index (κ3) is 2.85. The predicted octanol–water partition coefficient (Wildman–Crippen LogP) is 3.08. The molecule has 1 aromatic rings. The Morgan fingerprint density at radius 3 is 2.29 bits per heavy atom. The van der Waals surface area contributed by atoms with Crippen LogP contribution in [0.25, 0.3) is 0 Å². The van der Waals surface area contributed by atoms with E-state index in [0.717, 1.165) is 12.8 Å². The van der Waals surface area contributed by atoms with Crippen molar-refractivity contribution in [2.24, 2.45) is 16.7 Å². The standard InChI is InChI=1S/C22H28N2O4/c25-18(15-12-21(13-15)14-20(21)5-2-6-20)23-16-3-1-4-17(11-16)24-19(26)22(27)7-9-28-10-8-22/h1,3-4,11,15,27H,2,5-10,12-14H2,(H,23,25)(H,24,26). The van der Waals surface area contributed by atoms with Crippen LogP contribution in [-0.2, 0) is 14.3 Å². The maximum Gasteiger partial charge on any atom is 0.256 e. The number of carbonyl (C=O) groups excluding carboxylic acids is 2. The summed E-state index contributed by atoms with van der Waals surface area (Å²) in [6.07, 6.45) is 8.07. The number of rotatable bonds is 4. The van der Waals surface area contributed by atoms with Gasteiger partial charge in [0.2, 0.25) is 5.91 Å². The van der Waals surface area contributed by atoms with Gasteiger partial charge in [0.1, 0.15) is 5.60 Å². The van der Waals surface area contributed by atoms with Crippen LogP contribution in [0.1, 0.15) is 51.4 Å². The normalized spacial score (nSPS) is 31.5. The third-order valence-electron chi connectivity index (χ3n) is 7.76. The van der Waals surface area contributed by atoms with Crippen molar-refractivity contribution in [1.82, 2.24) is 0 Å². The molecule has 0 radical (unpaired) electrons. The van der Waals surface area contributed by atoms with E-state index in [9.17, 15) is 14.7 Å². The van der Waals surface area contributed by atoms with Crippen molar-refractivity contribution in [3.05, 3.63) is 24.3 Å². The number of carbonyl (C=O) groups is 2. The number of ether oxygens (including phenoxy) is 1. The Morgan fingerprint density at radius 2 is 1.68 bits per heavy atom. The second kappa shape index (κ2) is 6.29. The Balaban J connectivity index is 1.17. The molecule has 0 unspecified atom stereocenters. The SMILES string of the molecule is O=C(Nc1cccc(NC(=O)C2(O)CCOCC2)c1)C1CC2(C1)CC21CCC1. The molecule has 1 heterocycles. The Bertz CT molecular complexity index is 805. The number of hydrogen-bond donors (Lipinski definition) is 3. The number of hydrogen-bond acceptors (Lipinski definition) is 4.